The van der Waals surface area contributed by atoms with Gasteiger partial charge in [0.1, 0.15) is 5.69 Å². The van der Waals surface area contributed by atoms with E-state index in [2.05, 4.69) is 29.5 Å². The molecule has 0 aromatic carbocycles. The molecule has 0 radical (unpaired) electrons. The molecule has 1 heterocycles. The summed E-state index contributed by atoms with van der Waals surface area (Å²) in [5, 5.41) is 6.16. The van der Waals surface area contributed by atoms with Crippen LogP contribution in [-0.2, 0) is 0 Å². The van der Waals surface area contributed by atoms with Crippen LogP contribution < -0.4 is 10.6 Å². The minimum absolute atomic E-state index is 0.109. The average molecular weight is 249 g/mol. The molecule has 1 aromatic rings. The van der Waals surface area contributed by atoms with Crippen LogP contribution in [0.15, 0.2) is 18.3 Å². The molecule has 100 valence electrons. The predicted molar refractivity (Wildman–Crippen MR) is 74.8 cm³/mol. The monoisotopic (exact) mass is 249 g/mol. The van der Waals surface area contributed by atoms with Crippen LogP contribution >= 0.6 is 0 Å². The topological polar surface area (TPSA) is 54.0 Å². The summed E-state index contributed by atoms with van der Waals surface area (Å²) in [6, 6.07) is 3.80. The van der Waals surface area contributed by atoms with Gasteiger partial charge in [-0.15, -0.1) is 0 Å². The molecule has 0 spiro atoms. The van der Waals surface area contributed by atoms with Crippen molar-refractivity contribution in [2.24, 2.45) is 5.92 Å². The van der Waals surface area contributed by atoms with Crippen molar-refractivity contribution in [3.8, 4) is 0 Å². The van der Waals surface area contributed by atoms with Crippen molar-refractivity contribution >= 4 is 11.6 Å². The van der Waals surface area contributed by atoms with E-state index in [1.165, 1.54) is 0 Å². The van der Waals surface area contributed by atoms with E-state index in [1.54, 1.807) is 12.3 Å². The summed E-state index contributed by atoms with van der Waals surface area (Å²) in [7, 11) is 0. The molecule has 0 aliphatic heterocycles. The normalized spacial score (nSPS) is 13.8. The Morgan fingerprint density at radius 3 is 2.72 bits per heavy atom. The summed E-state index contributed by atoms with van der Waals surface area (Å²) in [5.74, 6) is 0.355. The summed E-state index contributed by atoms with van der Waals surface area (Å²) >= 11 is 0. The van der Waals surface area contributed by atoms with Gasteiger partial charge >= 0.3 is 0 Å². The fourth-order valence-corrected chi connectivity index (χ4v) is 1.65. The predicted octanol–water partition coefficient (Wildman–Crippen LogP) is 2.68. The number of aromatic nitrogens is 1. The Hall–Kier alpha value is -1.58. The molecule has 0 bridgehead atoms. The first-order valence-electron chi connectivity index (χ1n) is 6.59. The smallest absolute Gasteiger partial charge is 0.270 e. The third-order valence-electron chi connectivity index (χ3n) is 3.23. The Balaban J connectivity index is 2.69. The molecule has 4 heteroatoms. The molecule has 2 unspecified atom stereocenters. The zero-order chi connectivity index (χ0) is 13.5. The SMILES string of the molecule is CCNc1ccnc(C(=O)NC(C)C(C)CC)c1. The number of hydrogen-bond donors (Lipinski definition) is 2. The summed E-state index contributed by atoms with van der Waals surface area (Å²) in [6.45, 7) is 9.13. The summed E-state index contributed by atoms with van der Waals surface area (Å²) < 4.78 is 0. The second kappa shape index (κ2) is 6.99. The second-order valence-corrected chi connectivity index (χ2v) is 4.61. The maximum atomic E-state index is 12.0. The lowest BCUT2D eigenvalue weighted by molar-refractivity contribution is 0.0923. The zero-order valence-corrected chi connectivity index (χ0v) is 11.7. The Morgan fingerprint density at radius 1 is 1.39 bits per heavy atom. The highest BCUT2D eigenvalue weighted by atomic mass is 16.1. The van der Waals surface area contributed by atoms with Gasteiger partial charge in [-0.1, -0.05) is 20.3 Å². The van der Waals surface area contributed by atoms with Crippen molar-refractivity contribution in [2.75, 3.05) is 11.9 Å². The number of pyridine rings is 1. The molecule has 2 atom stereocenters. The van der Waals surface area contributed by atoms with E-state index < -0.39 is 0 Å². The van der Waals surface area contributed by atoms with Gasteiger partial charge in [-0.25, -0.2) is 0 Å². The van der Waals surface area contributed by atoms with Crippen molar-refractivity contribution in [3.05, 3.63) is 24.0 Å². The van der Waals surface area contributed by atoms with Crippen molar-refractivity contribution in [1.29, 1.82) is 0 Å². The lowest BCUT2D eigenvalue weighted by atomic mass is 10.0. The fourth-order valence-electron chi connectivity index (χ4n) is 1.65. The molecule has 1 aromatic heterocycles. The maximum absolute atomic E-state index is 12.0. The zero-order valence-electron chi connectivity index (χ0n) is 11.7. The third kappa shape index (κ3) is 4.02. The number of anilines is 1. The molecular formula is C14H23N3O. The average Bonchev–Trinajstić information content (AvgIpc) is 2.38. The van der Waals surface area contributed by atoms with E-state index in [4.69, 9.17) is 0 Å². The standard InChI is InChI=1S/C14H23N3O/c1-5-10(3)11(4)17-14(18)13-9-12(15-6-2)7-8-16-13/h7-11H,5-6H2,1-4H3,(H,15,16)(H,17,18). The summed E-state index contributed by atoms with van der Waals surface area (Å²) in [6.07, 6.45) is 2.70. The summed E-state index contributed by atoms with van der Waals surface area (Å²) in [5.41, 5.74) is 1.39. The fraction of sp³-hybridized carbons (Fsp3) is 0.571. The van der Waals surface area contributed by atoms with Crippen molar-refractivity contribution < 1.29 is 4.79 Å². The van der Waals surface area contributed by atoms with E-state index in [-0.39, 0.29) is 11.9 Å². The Morgan fingerprint density at radius 2 is 2.11 bits per heavy atom. The van der Waals surface area contributed by atoms with Crippen LogP contribution in [-0.4, -0.2) is 23.5 Å². The molecule has 1 amide bonds. The first kappa shape index (κ1) is 14.5. The van der Waals surface area contributed by atoms with Crippen LogP contribution in [0.2, 0.25) is 0 Å². The number of amides is 1. The van der Waals surface area contributed by atoms with Gasteiger partial charge in [-0.2, -0.15) is 0 Å². The van der Waals surface area contributed by atoms with E-state index in [0.717, 1.165) is 18.7 Å². The van der Waals surface area contributed by atoms with Crippen molar-refractivity contribution in [3.63, 3.8) is 0 Å². The van der Waals surface area contributed by atoms with Crippen LogP contribution in [0.5, 0.6) is 0 Å². The number of carbonyl (C=O) groups is 1. The second-order valence-electron chi connectivity index (χ2n) is 4.61. The number of carbonyl (C=O) groups excluding carboxylic acids is 1. The van der Waals surface area contributed by atoms with Gasteiger partial charge < -0.3 is 10.6 Å². The van der Waals surface area contributed by atoms with Crippen LogP contribution in [0, 0.1) is 5.92 Å². The summed E-state index contributed by atoms with van der Waals surface area (Å²) in [4.78, 5) is 16.1. The van der Waals surface area contributed by atoms with Gasteiger partial charge in [-0.3, -0.25) is 9.78 Å². The molecule has 0 saturated carbocycles. The van der Waals surface area contributed by atoms with Crippen LogP contribution in [0.1, 0.15) is 44.6 Å². The van der Waals surface area contributed by atoms with Crippen molar-refractivity contribution in [2.45, 2.75) is 40.2 Å². The number of rotatable bonds is 6. The molecule has 0 aliphatic carbocycles. The minimum Gasteiger partial charge on any atom is -0.385 e. The van der Waals surface area contributed by atoms with Gasteiger partial charge in [0.15, 0.2) is 0 Å². The Labute approximate surface area is 109 Å². The quantitative estimate of drug-likeness (QED) is 0.815. The largest absolute Gasteiger partial charge is 0.385 e. The third-order valence-corrected chi connectivity index (χ3v) is 3.23. The molecule has 0 aliphatic rings. The number of hydrogen-bond acceptors (Lipinski definition) is 3. The Bertz CT molecular complexity index is 392. The molecule has 4 nitrogen and oxygen atoms in total. The number of nitrogens with zero attached hydrogens (tertiary/aromatic N) is 1. The lowest BCUT2D eigenvalue weighted by Gasteiger charge is -2.19. The van der Waals surface area contributed by atoms with Gasteiger partial charge in [0.2, 0.25) is 0 Å². The highest BCUT2D eigenvalue weighted by molar-refractivity contribution is 5.93. The molecular weight excluding hydrogens is 226 g/mol. The van der Waals surface area contributed by atoms with Crippen LogP contribution in [0.25, 0.3) is 0 Å². The van der Waals surface area contributed by atoms with E-state index in [0.29, 0.717) is 11.6 Å². The van der Waals surface area contributed by atoms with Crippen molar-refractivity contribution in [1.82, 2.24) is 10.3 Å². The minimum atomic E-state index is -0.109. The molecule has 0 saturated heterocycles. The van der Waals surface area contributed by atoms with Crippen LogP contribution in [0.3, 0.4) is 0 Å². The Kier molecular flexibility index (Phi) is 5.62. The van der Waals surface area contributed by atoms with Gasteiger partial charge in [0, 0.05) is 24.5 Å². The first-order chi connectivity index (χ1) is 8.58. The van der Waals surface area contributed by atoms with E-state index in [9.17, 15) is 4.79 Å². The van der Waals surface area contributed by atoms with E-state index in [1.807, 2.05) is 19.9 Å². The first-order valence-corrected chi connectivity index (χ1v) is 6.59. The van der Waals surface area contributed by atoms with Crippen LogP contribution in [0.4, 0.5) is 5.69 Å². The maximum Gasteiger partial charge on any atom is 0.270 e. The van der Waals surface area contributed by atoms with E-state index >= 15 is 0 Å². The molecule has 1 rings (SSSR count). The lowest BCUT2D eigenvalue weighted by Crippen LogP contribution is -2.37. The number of nitrogens with one attached hydrogen (secondary N) is 2. The highest BCUT2D eigenvalue weighted by Crippen LogP contribution is 2.10. The molecule has 2 N–H and O–H groups in total. The van der Waals surface area contributed by atoms with Gasteiger partial charge in [-0.05, 0) is 31.9 Å². The van der Waals surface area contributed by atoms with Gasteiger partial charge in [0.05, 0.1) is 0 Å². The molecule has 0 fully saturated rings. The molecule has 18 heavy (non-hydrogen) atoms. The van der Waals surface area contributed by atoms with Gasteiger partial charge in [0.25, 0.3) is 5.91 Å². The highest BCUT2D eigenvalue weighted by Gasteiger charge is 2.15.